The molecule has 0 saturated heterocycles. The first-order chi connectivity index (χ1) is 7.48. The van der Waals surface area contributed by atoms with Crippen LogP contribution in [0.25, 0.3) is 0 Å². The molecule has 1 heterocycles. The van der Waals surface area contributed by atoms with Gasteiger partial charge in [-0.3, -0.25) is 0 Å². The summed E-state index contributed by atoms with van der Waals surface area (Å²) in [5.74, 6) is 0.608. The Bertz CT molecular complexity index is 484. The van der Waals surface area contributed by atoms with Crippen LogP contribution in [0.1, 0.15) is 52.4 Å². The molecule has 3 heteroatoms. The molecule has 2 nitrogen and oxygen atoms in total. The van der Waals surface area contributed by atoms with Crippen molar-refractivity contribution in [1.29, 1.82) is 0 Å². The zero-order valence-electron chi connectivity index (χ0n) is 9.83. The number of aryl methyl sites for hydroxylation is 1. The fourth-order valence-electron chi connectivity index (χ4n) is 3.45. The Kier molecular flexibility index (Phi) is 1.87. The summed E-state index contributed by atoms with van der Waals surface area (Å²) in [4.78, 5) is 13.1. The van der Waals surface area contributed by atoms with E-state index >= 15 is 0 Å². The van der Waals surface area contributed by atoms with Crippen molar-refractivity contribution in [2.75, 3.05) is 0 Å². The quantitative estimate of drug-likeness (QED) is 0.855. The number of aromatic carboxylic acids is 1. The maximum atomic E-state index is 11.2. The number of carbonyl (C=O) groups is 1. The topological polar surface area (TPSA) is 37.3 Å². The summed E-state index contributed by atoms with van der Waals surface area (Å²) in [6, 6.07) is 0. The van der Waals surface area contributed by atoms with Gasteiger partial charge in [-0.05, 0) is 41.2 Å². The third kappa shape index (κ3) is 1.05. The average Bonchev–Trinajstić information content (AvgIpc) is 2.57. The molecule has 1 N–H and O–H groups in total. The van der Waals surface area contributed by atoms with Gasteiger partial charge in [-0.15, -0.1) is 11.3 Å². The van der Waals surface area contributed by atoms with Crippen LogP contribution in [0.2, 0.25) is 0 Å². The van der Waals surface area contributed by atoms with Crippen molar-refractivity contribution < 1.29 is 9.90 Å². The largest absolute Gasteiger partial charge is 0.477 e. The van der Waals surface area contributed by atoms with Gasteiger partial charge in [0.2, 0.25) is 0 Å². The van der Waals surface area contributed by atoms with Gasteiger partial charge >= 0.3 is 5.97 Å². The Labute approximate surface area is 99.3 Å². The number of carboxylic acids is 1. The minimum Gasteiger partial charge on any atom is -0.477 e. The van der Waals surface area contributed by atoms with Crippen molar-refractivity contribution in [3.05, 3.63) is 20.9 Å². The van der Waals surface area contributed by atoms with Crippen LogP contribution in [0, 0.1) is 11.3 Å². The summed E-state index contributed by atoms with van der Waals surface area (Å²) in [5, 5.41) is 9.20. The third-order valence-corrected chi connectivity index (χ3v) is 5.81. The number of rotatable bonds is 2. The first-order valence-electron chi connectivity index (χ1n) is 5.86. The van der Waals surface area contributed by atoms with E-state index in [9.17, 15) is 9.90 Å². The van der Waals surface area contributed by atoms with E-state index in [0.717, 1.165) is 18.4 Å². The Morgan fingerprint density at radius 3 is 2.81 bits per heavy atom. The molecule has 0 aromatic carbocycles. The molecular weight excluding hydrogens is 220 g/mol. The minimum atomic E-state index is -0.736. The fraction of sp³-hybridized carbons (Fsp3) is 0.615. The molecule has 1 fully saturated rings. The first kappa shape index (κ1) is 10.3. The van der Waals surface area contributed by atoms with Crippen molar-refractivity contribution in [2.45, 2.75) is 39.5 Å². The summed E-state index contributed by atoms with van der Waals surface area (Å²) >= 11 is 1.50. The van der Waals surface area contributed by atoms with Crippen LogP contribution >= 0.6 is 11.3 Å². The van der Waals surface area contributed by atoms with Crippen LogP contribution in [0.5, 0.6) is 0 Å². The van der Waals surface area contributed by atoms with Crippen LogP contribution < -0.4 is 0 Å². The van der Waals surface area contributed by atoms with Gasteiger partial charge in [0.05, 0.1) is 0 Å². The number of carboxylic acid groups (broad SMARTS) is 1. The smallest absolute Gasteiger partial charge is 0.346 e. The highest BCUT2D eigenvalue weighted by Gasteiger charge is 2.63. The summed E-state index contributed by atoms with van der Waals surface area (Å²) < 4.78 is 0. The van der Waals surface area contributed by atoms with Gasteiger partial charge in [0.1, 0.15) is 4.88 Å². The summed E-state index contributed by atoms with van der Waals surface area (Å²) in [5.41, 5.74) is 2.97. The van der Waals surface area contributed by atoms with E-state index in [1.165, 1.54) is 21.8 Å². The predicted octanol–water partition coefficient (Wildman–Crippen LogP) is 3.30. The monoisotopic (exact) mass is 236 g/mol. The van der Waals surface area contributed by atoms with E-state index in [1.807, 2.05) is 0 Å². The highest BCUT2D eigenvalue weighted by atomic mass is 32.1. The maximum Gasteiger partial charge on any atom is 0.346 e. The lowest BCUT2D eigenvalue weighted by Crippen LogP contribution is -2.03. The SMILES string of the molecule is CCc1sc(C(=O)O)c2c1[C@H]1[C@@H](C2)C1(C)C. The third-order valence-electron chi connectivity index (χ3n) is 4.43. The molecule has 0 radical (unpaired) electrons. The molecule has 1 saturated carbocycles. The van der Waals surface area contributed by atoms with Gasteiger partial charge in [0, 0.05) is 4.88 Å². The normalized spacial score (nSPS) is 28.7. The molecule has 0 unspecified atom stereocenters. The van der Waals surface area contributed by atoms with Crippen molar-refractivity contribution in [1.82, 2.24) is 0 Å². The van der Waals surface area contributed by atoms with E-state index < -0.39 is 5.97 Å². The molecule has 86 valence electrons. The second-order valence-corrected chi connectivity index (χ2v) is 6.62. The molecule has 0 spiro atoms. The van der Waals surface area contributed by atoms with Gasteiger partial charge < -0.3 is 5.11 Å². The second kappa shape index (κ2) is 2.89. The van der Waals surface area contributed by atoms with Crippen molar-refractivity contribution in [3.8, 4) is 0 Å². The molecule has 0 amide bonds. The van der Waals surface area contributed by atoms with Crippen LogP contribution in [0.4, 0.5) is 0 Å². The van der Waals surface area contributed by atoms with Gasteiger partial charge in [-0.2, -0.15) is 0 Å². The van der Waals surface area contributed by atoms with Crippen molar-refractivity contribution in [3.63, 3.8) is 0 Å². The predicted molar refractivity (Wildman–Crippen MR) is 64.4 cm³/mol. The molecule has 2 atom stereocenters. The zero-order valence-corrected chi connectivity index (χ0v) is 10.6. The standard InChI is InChI=1S/C13H16O2S/c1-4-8-9-6(11(16-8)12(14)15)5-7-10(9)13(7,2)3/h7,10H,4-5H2,1-3H3,(H,14,15)/t7-,10-/m1/s1. The highest BCUT2D eigenvalue weighted by Crippen LogP contribution is 2.71. The number of hydrogen-bond donors (Lipinski definition) is 1. The molecule has 1 aromatic rings. The lowest BCUT2D eigenvalue weighted by atomic mass is 9.95. The Morgan fingerprint density at radius 1 is 1.56 bits per heavy atom. The Hall–Kier alpha value is -0.830. The van der Waals surface area contributed by atoms with Crippen LogP contribution in [0.3, 0.4) is 0 Å². The Morgan fingerprint density at radius 2 is 2.25 bits per heavy atom. The number of fused-ring (bicyclic) bond motifs is 3. The summed E-state index contributed by atoms with van der Waals surface area (Å²) in [6.45, 7) is 6.74. The van der Waals surface area contributed by atoms with E-state index in [-0.39, 0.29) is 0 Å². The van der Waals surface area contributed by atoms with Gasteiger partial charge in [0.15, 0.2) is 0 Å². The van der Waals surface area contributed by atoms with Crippen molar-refractivity contribution >= 4 is 17.3 Å². The van der Waals surface area contributed by atoms with Crippen molar-refractivity contribution in [2.24, 2.45) is 11.3 Å². The van der Waals surface area contributed by atoms with E-state index in [0.29, 0.717) is 22.1 Å². The van der Waals surface area contributed by atoms with E-state index in [2.05, 4.69) is 20.8 Å². The zero-order chi connectivity index (χ0) is 11.7. The highest BCUT2D eigenvalue weighted by molar-refractivity contribution is 7.14. The maximum absolute atomic E-state index is 11.2. The molecule has 16 heavy (non-hydrogen) atoms. The number of hydrogen-bond acceptors (Lipinski definition) is 2. The Balaban J connectivity index is 2.14. The number of thiophene rings is 1. The molecule has 1 aromatic heterocycles. The summed E-state index contributed by atoms with van der Waals surface area (Å²) in [7, 11) is 0. The minimum absolute atomic E-state index is 0.410. The summed E-state index contributed by atoms with van der Waals surface area (Å²) in [6.07, 6.45) is 1.96. The average molecular weight is 236 g/mol. The van der Waals surface area contributed by atoms with E-state index in [4.69, 9.17) is 0 Å². The van der Waals surface area contributed by atoms with Crippen LogP contribution in [-0.2, 0) is 12.8 Å². The molecule has 2 aliphatic carbocycles. The lowest BCUT2D eigenvalue weighted by Gasteiger charge is -2.09. The molecular formula is C13H16O2S. The molecule has 0 aliphatic heterocycles. The van der Waals surface area contributed by atoms with Gasteiger partial charge in [0.25, 0.3) is 0 Å². The molecule has 3 rings (SSSR count). The lowest BCUT2D eigenvalue weighted by molar-refractivity contribution is 0.0701. The van der Waals surface area contributed by atoms with Crippen LogP contribution in [0.15, 0.2) is 0 Å². The fourth-order valence-corrected chi connectivity index (χ4v) is 4.60. The molecule has 0 bridgehead atoms. The molecule has 2 aliphatic rings. The van der Waals surface area contributed by atoms with Gasteiger partial charge in [-0.25, -0.2) is 4.79 Å². The first-order valence-corrected chi connectivity index (χ1v) is 6.67. The second-order valence-electron chi connectivity index (χ2n) is 5.51. The van der Waals surface area contributed by atoms with Crippen LogP contribution in [-0.4, -0.2) is 11.1 Å². The van der Waals surface area contributed by atoms with E-state index in [1.54, 1.807) is 0 Å². The van der Waals surface area contributed by atoms with Gasteiger partial charge in [-0.1, -0.05) is 20.8 Å².